The van der Waals surface area contributed by atoms with Crippen LogP contribution >= 0.6 is 11.3 Å². The standard InChI is InChI=1S/C21H18N4O2S/c1-12-13(2)28-21-19(12)20(27)23-17(24-21)10-18(26)25-22-11-15-8-5-7-14-6-3-4-9-16(14)15/h3-9,11H,10H2,1-2H3,(H,25,26)(H,23,24,27)/b22-11-. The predicted octanol–water partition coefficient (Wildman–Crippen LogP) is 3.45. The van der Waals surface area contributed by atoms with Crippen molar-refractivity contribution in [3.8, 4) is 0 Å². The third-order valence-electron chi connectivity index (χ3n) is 4.63. The Kier molecular flexibility index (Phi) is 4.75. The Bertz CT molecular complexity index is 1280. The molecule has 7 heteroatoms. The fourth-order valence-electron chi connectivity index (χ4n) is 3.11. The van der Waals surface area contributed by atoms with Crippen molar-refractivity contribution in [2.45, 2.75) is 20.3 Å². The Morgan fingerprint density at radius 3 is 2.86 bits per heavy atom. The van der Waals surface area contributed by atoms with Crippen molar-refractivity contribution in [2.24, 2.45) is 5.10 Å². The van der Waals surface area contributed by atoms with Gasteiger partial charge in [-0.1, -0.05) is 42.5 Å². The van der Waals surface area contributed by atoms with E-state index in [4.69, 9.17) is 0 Å². The number of nitrogens with zero attached hydrogens (tertiary/aromatic N) is 2. The monoisotopic (exact) mass is 390 g/mol. The predicted molar refractivity (Wildman–Crippen MR) is 113 cm³/mol. The molecule has 0 radical (unpaired) electrons. The highest BCUT2D eigenvalue weighted by molar-refractivity contribution is 7.18. The number of carbonyl (C=O) groups is 1. The largest absolute Gasteiger partial charge is 0.309 e. The van der Waals surface area contributed by atoms with Crippen LogP contribution in [-0.2, 0) is 11.2 Å². The molecule has 2 N–H and O–H groups in total. The Labute approximate surface area is 164 Å². The van der Waals surface area contributed by atoms with Crippen molar-refractivity contribution in [1.29, 1.82) is 0 Å². The average Bonchev–Trinajstić information content (AvgIpc) is 2.96. The first-order valence-electron chi connectivity index (χ1n) is 8.81. The van der Waals surface area contributed by atoms with Crippen molar-refractivity contribution in [3.63, 3.8) is 0 Å². The number of amides is 1. The maximum absolute atomic E-state index is 12.3. The Balaban J connectivity index is 1.49. The molecule has 2 aromatic heterocycles. The van der Waals surface area contributed by atoms with Crippen LogP contribution in [0.4, 0.5) is 0 Å². The number of carbonyl (C=O) groups excluding carboxylic acids is 1. The number of hydrogen-bond acceptors (Lipinski definition) is 5. The molecule has 2 aromatic carbocycles. The molecule has 0 bridgehead atoms. The van der Waals surface area contributed by atoms with Crippen LogP contribution in [0.3, 0.4) is 0 Å². The van der Waals surface area contributed by atoms with Gasteiger partial charge in [0, 0.05) is 10.4 Å². The smallest absolute Gasteiger partial charge is 0.259 e. The number of rotatable bonds is 4. The molecule has 0 saturated carbocycles. The van der Waals surface area contributed by atoms with E-state index in [2.05, 4.69) is 20.5 Å². The van der Waals surface area contributed by atoms with Crippen LogP contribution in [-0.4, -0.2) is 22.1 Å². The zero-order valence-electron chi connectivity index (χ0n) is 15.4. The second-order valence-corrected chi connectivity index (χ2v) is 7.72. The average molecular weight is 390 g/mol. The summed E-state index contributed by atoms with van der Waals surface area (Å²) in [5.41, 5.74) is 4.13. The first kappa shape index (κ1) is 18.1. The fourth-order valence-corrected chi connectivity index (χ4v) is 4.16. The van der Waals surface area contributed by atoms with E-state index in [-0.39, 0.29) is 17.9 Å². The van der Waals surface area contributed by atoms with E-state index >= 15 is 0 Å². The number of nitrogens with one attached hydrogen (secondary N) is 2. The second kappa shape index (κ2) is 7.36. The van der Waals surface area contributed by atoms with Gasteiger partial charge in [0.1, 0.15) is 10.7 Å². The number of hydrogen-bond donors (Lipinski definition) is 2. The van der Waals surface area contributed by atoms with Gasteiger partial charge in [-0.15, -0.1) is 11.3 Å². The topological polar surface area (TPSA) is 87.2 Å². The molecule has 0 aliphatic heterocycles. The third-order valence-corrected chi connectivity index (χ3v) is 5.73. The van der Waals surface area contributed by atoms with Gasteiger partial charge in [-0.05, 0) is 30.2 Å². The zero-order valence-corrected chi connectivity index (χ0v) is 16.3. The fraction of sp³-hybridized carbons (Fsp3) is 0.143. The zero-order chi connectivity index (χ0) is 19.7. The number of hydrazone groups is 1. The SMILES string of the molecule is Cc1sc2nc(CC(=O)N/N=C\c3cccc4ccccc34)[nH]c(=O)c2c1C. The minimum atomic E-state index is -0.344. The molecule has 1 amide bonds. The van der Waals surface area contributed by atoms with E-state index in [9.17, 15) is 9.59 Å². The summed E-state index contributed by atoms with van der Waals surface area (Å²) in [7, 11) is 0. The lowest BCUT2D eigenvalue weighted by Crippen LogP contribution is -2.23. The Morgan fingerprint density at radius 2 is 2.00 bits per heavy atom. The van der Waals surface area contributed by atoms with Crippen molar-refractivity contribution >= 4 is 44.4 Å². The van der Waals surface area contributed by atoms with Gasteiger partial charge in [0.2, 0.25) is 5.91 Å². The van der Waals surface area contributed by atoms with Crippen LogP contribution in [0.15, 0.2) is 52.4 Å². The van der Waals surface area contributed by atoms with Gasteiger partial charge < -0.3 is 4.98 Å². The number of thiophene rings is 1. The molecule has 28 heavy (non-hydrogen) atoms. The molecule has 4 rings (SSSR count). The summed E-state index contributed by atoms with van der Waals surface area (Å²) >= 11 is 1.46. The lowest BCUT2D eigenvalue weighted by atomic mass is 10.1. The Hall–Kier alpha value is -3.32. The second-order valence-electron chi connectivity index (χ2n) is 6.51. The van der Waals surface area contributed by atoms with E-state index in [1.165, 1.54) is 11.3 Å². The molecule has 0 aliphatic rings. The summed E-state index contributed by atoms with van der Waals surface area (Å²) in [6.07, 6.45) is 1.57. The highest BCUT2D eigenvalue weighted by atomic mass is 32.1. The van der Waals surface area contributed by atoms with Crippen LogP contribution in [0.1, 0.15) is 21.8 Å². The summed E-state index contributed by atoms with van der Waals surface area (Å²) in [5.74, 6) is -0.0133. The molecular weight excluding hydrogens is 372 g/mol. The third kappa shape index (κ3) is 3.44. The lowest BCUT2D eigenvalue weighted by Gasteiger charge is -2.02. The van der Waals surface area contributed by atoms with Gasteiger partial charge in [0.05, 0.1) is 18.0 Å². The van der Waals surface area contributed by atoms with Crippen molar-refractivity contribution < 1.29 is 4.79 Å². The summed E-state index contributed by atoms with van der Waals surface area (Å²) < 4.78 is 0. The normalized spacial score (nSPS) is 11.5. The highest BCUT2D eigenvalue weighted by Crippen LogP contribution is 2.25. The molecule has 0 spiro atoms. The van der Waals surface area contributed by atoms with Crippen molar-refractivity contribution in [1.82, 2.24) is 15.4 Å². The molecule has 0 fully saturated rings. The van der Waals surface area contributed by atoms with Gasteiger partial charge in [-0.2, -0.15) is 5.10 Å². The number of H-pyrrole nitrogens is 1. The maximum atomic E-state index is 12.3. The lowest BCUT2D eigenvalue weighted by molar-refractivity contribution is -0.120. The number of fused-ring (bicyclic) bond motifs is 2. The molecule has 0 atom stereocenters. The summed E-state index contributed by atoms with van der Waals surface area (Å²) in [6, 6.07) is 13.9. The molecule has 0 aliphatic carbocycles. The van der Waals surface area contributed by atoms with Crippen LogP contribution < -0.4 is 11.0 Å². The van der Waals surface area contributed by atoms with E-state index in [0.717, 1.165) is 26.8 Å². The van der Waals surface area contributed by atoms with E-state index in [1.54, 1.807) is 6.21 Å². The van der Waals surface area contributed by atoms with Crippen molar-refractivity contribution in [2.75, 3.05) is 0 Å². The van der Waals surface area contributed by atoms with Gasteiger partial charge in [-0.25, -0.2) is 10.4 Å². The maximum Gasteiger partial charge on any atom is 0.259 e. The number of benzene rings is 2. The minimum absolute atomic E-state index is 0.0476. The summed E-state index contributed by atoms with van der Waals surface area (Å²) in [5, 5.41) is 6.81. The number of aromatic amines is 1. The minimum Gasteiger partial charge on any atom is -0.309 e. The molecular formula is C21H18N4O2S. The molecule has 0 saturated heterocycles. The molecule has 6 nitrogen and oxygen atoms in total. The van der Waals surface area contributed by atoms with Gasteiger partial charge in [0.25, 0.3) is 5.56 Å². The quantitative estimate of drug-likeness (QED) is 0.413. The summed E-state index contributed by atoms with van der Waals surface area (Å²) in [6.45, 7) is 3.86. The first-order valence-corrected chi connectivity index (χ1v) is 9.63. The molecule has 2 heterocycles. The number of aryl methyl sites for hydroxylation is 2. The van der Waals surface area contributed by atoms with Gasteiger partial charge in [-0.3, -0.25) is 9.59 Å². The van der Waals surface area contributed by atoms with Crippen LogP contribution in [0.25, 0.3) is 21.0 Å². The highest BCUT2D eigenvalue weighted by Gasteiger charge is 2.13. The van der Waals surface area contributed by atoms with Crippen LogP contribution in [0, 0.1) is 13.8 Å². The van der Waals surface area contributed by atoms with Gasteiger partial charge >= 0.3 is 0 Å². The first-order chi connectivity index (χ1) is 13.5. The van der Waals surface area contributed by atoms with E-state index in [1.807, 2.05) is 56.3 Å². The van der Waals surface area contributed by atoms with E-state index < -0.39 is 0 Å². The van der Waals surface area contributed by atoms with Crippen molar-refractivity contribution in [3.05, 3.63) is 74.6 Å². The van der Waals surface area contributed by atoms with Gasteiger partial charge in [0.15, 0.2) is 0 Å². The molecule has 4 aromatic rings. The summed E-state index contributed by atoms with van der Waals surface area (Å²) in [4.78, 5) is 33.3. The van der Waals surface area contributed by atoms with Crippen LogP contribution in [0.5, 0.6) is 0 Å². The Morgan fingerprint density at radius 1 is 1.21 bits per heavy atom. The molecule has 0 unspecified atom stereocenters. The molecule has 140 valence electrons. The number of aromatic nitrogens is 2. The van der Waals surface area contributed by atoms with E-state index in [0.29, 0.717) is 16.0 Å². The van der Waals surface area contributed by atoms with Crippen LogP contribution in [0.2, 0.25) is 0 Å².